The van der Waals surface area contributed by atoms with Crippen LogP contribution in [0.4, 0.5) is 0 Å². The van der Waals surface area contributed by atoms with Crippen LogP contribution in [0.15, 0.2) is 29.2 Å². The van der Waals surface area contributed by atoms with E-state index in [4.69, 9.17) is 5.11 Å². The van der Waals surface area contributed by atoms with Gasteiger partial charge in [-0.3, -0.25) is 4.79 Å². The molecule has 0 aliphatic rings. The Labute approximate surface area is 119 Å². The summed E-state index contributed by atoms with van der Waals surface area (Å²) in [6.07, 6.45) is 0.960. The number of carbonyl (C=O) groups excluding carboxylic acids is 1. The molecule has 0 bridgehead atoms. The quantitative estimate of drug-likeness (QED) is 0.683. The van der Waals surface area contributed by atoms with Crippen LogP contribution < -0.4 is 10.0 Å². The fourth-order valence-corrected chi connectivity index (χ4v) is 3.07. The summed E-state index contributed by atoms with van der Waals surface area (Å²) in [5, 5.41) is 11.3. The molecular formula is C13H20N2O4S. The minimum absolute atomic E-state index is 0.0728. The molecule has 1 amide bonds. The molecule has 0 aliphatic carbocycles. The van der Waals surface area contributed by atoms with Crippen LogP contribution in [-0.4, -0.2) is 39.1 Å². The van der Waals surface area contributed by atoms with E-state index in [0.29, 0.717) is 18.4 Å². The Morgan fingerprint density at radius 3 is 2.35 bits per heavy atom. The van der Waals surface area contributed by atoms with Gasteiger partial charge in [0.1, 0.15) is 0 Å². The zero-order valence-corrected chi connectivity index (χ0v) is 12.4. The van der Waals surface area contributed by atoms with Gasteiger partial charge in [0.25, 0.3) is 5.91 Å². The molecule has 20 heavy (non-hydrogen) atoms. The number of aliphatic hydroxyl groups is 1. The monoisotopic (exact) mass is 300 g/mol. The second kappa shape index (κ2) is 7.37. The number of hydrogen-bond donors (Lipinski definition) is 3. The SMILES string of the molecule is CCC(CCO)NS(=O)(=O)c1ccc(C(=O)NC)cc1. The van der Waals surface area contributed by atoms with Crippen LogP contribution in [0.2, 0.25) is 0 Å². The van der Waals surface area contributed by atoms with E-state index in [9.17, 15) is 13.2 Å². The summed E-state index contributed by atoms with van der Waals surface area (Å²) in [4.78, 5) is 11.5. The number of hydrogen-bond acceptors (Lipinski definition) is 4. The fourth-order valence-electron chi connectivity index (χ4n) is 1.72. The van der Waals surface area contributed by atoms with Gasteiger partial charge < -0.3 is 10.4 Å². The van der Waals surface area contributed by atoms with E-state index in [2.05, 4.69) is 10.0 Å². The van der Waals surface area contributed by atoms with Crippen molar-refractivity contribution in [1.29, 1.82) is 0 Å². The van der Waals surface area contributed by atoms with Crippen LogP contribution in [-0.2, 0) is 10.0 Å². The first-order valence-corrected chi connectivity index (χ1v) is 7.88. The maximum atomic E-state index is 12.1. The van der Waals surface area contributed by atoms with Gasteiger partial charge in [0, 0.05) is 25.3 Å². The third kappa shape index (κ3) is 4.29. The first-order chi connectivity index (χ1) is 9.44. The zero-order valence-electron chi connectivity index (χ0n) is 11.6. The van der Waals surface area contributed by atoms with Crippen molar-refractivity contribution in [2.24, 2.45) is 0 Å². The second-order valence-corrected chi connectivity index (χ2v) is 6.06. The molecule has 0 radical (unpaired) electrons. The summed E-state index contributed by atoms with van der Waals surface area (Å²) < 4.78 is 26.8. The Morgan fingerprint density at radius 2 is 1.90 bits per heavy atom. The van der Waals surface area contributed by atoms with E-state index >= 15 is 0 Å². The minimum atomic E-state index is -3.64. The number of benzene rings is 1. The van der Waals surface area contributed by atoms with Crippen molar-refractivity contribution in [3.63, 3.8) is 0 Å². The molecule has 1 aromatic carbocycles. The minimum Gasteiger partial charge on any atom is -0.396 e. The average Bonchev–Trinajstić information content (AvgIpc) is 2.45. The molecule has 0 saturated carbocycles. The van der Waals surface area contributed by atoms with Crippen LogP contribution in [0.25, 0.3) is 0 Å². The lowest BCUT2D eigenvalue weighted by atomic mass is 10.2. The van der Waals surface area contributed by atoms with Gasteiger partial charge in [0.2, 0.25) is 10.0 Å². The zero-order chi connectivity index (χ0) is 15.2. The molecule has 0 spiro atoms. The van der Waals surface area contributed by atoms with Crippen molar-refractivity contribution in [3.8, 4) is 0 Å². The highest BCUT2D eigenvalue weighted by Crippen LogP contribution is 2.12. The van der Waals surface area contributed by atoms with Crippen molar-refractivity contribution < 1.29 is 18.3 Å². The predicted molar refractivity (Wildman–Crippen MR) is 75.9 cm³/mol. The molecule has 0 heterocycles. The number of sulfonamides is 1. The molecule has 6 nitrogen and oxygen atoms in total. The first-order valence-electron chi connectivity index (χ1n) is 6.40. The Morgan fingerprint density at radius 1 is 1.30 bits per heavy atom. The summed E-state index contributed by atoms with van der Waals surface area (Å²) in [6, 6.07) is 5.39. The smallest absolute Gasteiger partial charge is 0.251 e. The molecule has 1 unspecified atom stereocenters. The maximum Gasteiger partial charge on any atom is 0.251 e. The van der Waals surface area contributed by atoms with E-state index in [-0.39, 0.29) is 23.5 Å². The van der Waals surface area contributed by atoms with Gasteiger partial charge in [0.15, 0.2) is 0 Å². The molecule has 0 saturated heterocycles. The Bertz CT molecular complexity index is 540. The summed E-state index contributed by atoms with van der Waals surface area (Å²) >= 11 is 0. The van der Waals surface area contributed by atoms with E-state index in [1.807, 2.05) is 6.92 Å². The molecule has 3 N–H and O–H groups in total. The van der Waals surface area contributed by atoms with Gasteiger partial charge >= 0.3 is 0 Å². The Hall–Kier alpha value is -1.44. The Balaban J connectivity index is 2.90. The van der Waals surface area contributed by atoms with Crippen LogP contribution >= 0.6 is 0 Å². The number of nitrogens with one attached hydrogen (secondary N) is 2. The lowest BCUT2D eigenvalue weighted by Crippen LogP contribution is -2.35. The van der Waals surface area contributed by atoms with Crippen molar-refractivity contribution in [3.05, 3.63) is 29.8 Å². The summed E-state index contributed by atoms with van der Waals surface area (Å²) in [5.74, 6) is -0.270. The van der Waals surface area contributed by atoms with Crippen LogP contribution in [0.1, 0.15) is 30.1 Å². The molecule has 1 atom stereocenters. The standard InChI is InChI=1S/C13H20N2O4S/c1-3-11(8-9-16)15-20(18,19)12-6-4-10(5-7-12)13(17)14-2/h4-7,11,15-16H,3,8-9H2,1-2H3,(H,14,17). The Kier molecular flexibility index (Phi) is 6.12. The first kappa shape index (κ1) is 16.6. The van der Waals surface area contributed by atoms with E-state index in [0.717, 1.165) is 0 Å². The molecule has 1 rings (SSSR count). The van der Waals surface area contributed by atoms with Crippen LogP contribution in [0.5, 0.6) is 0 Å². The molecule has 0 aliphatic heterocycles. The molecule has 0 fully saturated rings. The van der Waals surface area contributed by atoms with Gasteiger partial charge in [-0.1, -0.05) is 6.92 Å². The average molecular weight is 300 g/mol. The van der Waals surface area contributed by atoms with Gasteiger partial charge in [-0.25, -0.2) is 13.1 Å². The van der Waals surface area contributed by atoms with Crippen LogP contribution in [0.3, 0.4) is 0 Å². The normalized spacial score (nSPS) is 12.9. The van der Waals surface area contributed by atoms with Crippen LogP contribution in [0, 0.1) is 0 Å². The predicted octanol–water partition coefficient (Wildman–Crippen LogP) is 0.485. The molecule has 112 valence electrons. The highest BCUT2D eigenvalue weighted by Gasteiger charge is 2.19. The van der Waals surface area contributed by atoms with E-state index < -0.39 is 10.0 Å². The third-order valence-electron chi connectivity index (χ3n) is 2.95. The van der Waals surface area contributed by atoms with E-state index in [1.54, 1.807) is 0 Å². The van der Waals surface area contributed by atoms with Crippen molar-refractivity contribution >= 4 is 15.9 Å². The molecular weight excluding hydrogens is 280 g/mol. The highest BCUT2D eigenvalue weighted by molar-refractivity contribution is 7.89. The topological polar surface area (TPSA) is 95.5 Å². The maximum absolute atomic E-state index is 12.1. The van der Waals surface area contributed by atoms with Gasteiger partial charge in [0.05, 0.1) is 4.90 Å². The number of rotatable bonds is 7. The summed E-state index contributed by atoms with van der Waals surface area (Å²) in [6.45, 7) is 1.77. The molecule has 1 aromatic rings. The van der Waals surface area contributed by atoms with Crippen molar-refractivity contribution in [1.82, 2.24) is 10.0 Å². The van der Waals surface area contributed by atoms with E-state index in [1.165, 1.54) is 31.3 Å². The third-order valence-corrected chi connectivity index (χ3v) is 4.48. The molecule has 7 heteroatoms. The largest absolute Gasteiger partial charge is 0.396 e. The highest BCUT2D eigenvalue weighted by atomic mass is 32.2. The second-order valence-electron chi connectivity index (χ2n) is 4.34. The van der Waals surface area contributed by atoms with Gasteiger partial charge in [-0.15, -0.1) is 0 Å². The number of carbonyl (C=O) groups is 1. The van der Waals surface area contributed by atoms with Gasteiger partial charge in [-0.2, -0.15) is 0 Å². The van der Waals surface area contributed by atoms with Crippen molar-refractivity contribution in [2.45, 2.75) is 30.7 Å². The van der Waals surface area contributed by atoms with Gasteiger partial charge in [-0.05, 0) is 37.1 Å². The number of amides is 1. The summed E-state index contributed by atoms with van der Waals surface area (Å²) in [5.41, 5.74) is 0.397. The lowest BCUT2D eigenvalue weighted by molar-refractivity contribution is 0.0963. The van der Waals surface area contributed by atoms with Crippen molar-refractivity contribution in [2.75, 3.05) is 13.7 Å². The fraction of sp³-hybridized carbons (Fsp3) is 0.462. The summed E-state index contributed by atoms with van der Waals surface area (Å²) in [7, 11) is -2.13. The number of aliphatic hydroxyl groups excluding tert-OH is 1. The lowest BCUT2D eigenvalue weighted by Gasteiger charge is -2.16. The molecule has 0 aromatic heterocycles.